The second-order valence-corrected chi connectivity index (χ2v) is 5.63. The molecule has 2 unspecified atom stereocenters. The lowest BCUT2D eigenvalue weighted by Crippen LogP contribution is -2.25. The molecule has 0 aromatic carbocycles. The molecular weight excluding hydrogens is 216 g/mol. The van der Waals surface area contributed by atoms with E-state index in [0.29, 0.717) is 12.8 Å². The van der Waals surface area contributed by atoms with Crippen molar-refractivity contribution in [3.8, 4) is 0 Å². The Morgan fingerprint density at radius 2 is 1.80 bits per heavy atom. The molecule has 15 heavy (non-hydrogen) atoms. The molecule has 0 spiro atoms. The minimum Gasteiger partial charge on any atom is -0.393 e. The molecule has 0 aromatic rings. The molecule has 0 saturated carbocycles. The van der Waals surface area contributed by atoms with Crippen molar-refractivity contribution in [3.05, 3.63) is 0 Å². The van der Waals surface area contributed by atoms with Crippen LogP contribution < -0.4 is 0 Å². The summed E-state index contributed by atoms with van der Waals surface area (Å²) in [5.41, 5.74) is 0. The summed E-state index contributed by atoms with van der Waals surface area (Å²) in [5.74, 6) is 0. The zero-order valence-electron chi connectivity index (χ0n) is 9.52. The van der Waals surface area contributed by atoms with Crippen LogP contribution in [0.1, 0.15) is 52.4 Å². The van der Waals surface area contributed by atoms with Crippen LogP contribution in [-0.4, -0.2) is 29.4 Å². The zero-order valence-corrected chi connectivity index (χ0v) is 10.3. The number of aliphatic hydroxyl groups is 1. The topological polar surface area (TPSA) is 74.6 Å². The third-order valence-corrected chi connectivity index (χ3v) is 3.92. The standard InChI is InChI=1S/C10H22O4S/c1-3-5-6-7-9(11)8-10(4-2)15(12,13)14/h9-11H,3-8H2,1-2H3,(H,12,13,14). The molecule has 0 aliphatic heterocycles. The van der Waals surface area contributed by atoms with E-state index in [1.165, 1.54) is 0 Å². The number of rotatable bonds is 8. The fourth-order valence-electron chi connectivity index (χ4n) is 1.55. The van der Waals surface area contributed by atoms with Crippen molar-refractivity contribution in [3.63, 3.8) is 0 Å². The summed E-state index contributed by atoms with van der Waals surface area (Å²) in [6, 6.07) is 0. The van der Waals surface area contributed by atoms with Crippen molar-refractivity contribution in [2.75, 3.05) is 0 Å². The van der Waals surface area contributed by atoms with Crippen LogP contribution in [0, 0.1) is 0 Å². The van der Waals surface area contributed by atoms with Gasteiger partial charge in [-0.15, -0.1) is 0 Å². The Labute approximate surface area is 92.4 Å². The Balaban J connectivity index is 3.97. The van der Waals surface area contributed by atoms with Gasteiger partial charge in [0.15, 0.2) is 0 Å². The van der Waals surface area contributed by atoms with Gasteiger partial charge in [-0.25, -0.2) is 0 Å². The van der Waals surface area contributed by atoms with E-state index >= 15 is 0 Å². The summed E-state index contributed by atoms with van der Waals surface area (Å²) in [6.07, 6.45) is 3.48. The molecule has 2 N–H and O–H groups in total. The molecule has 0 amide bonds. The summed E-state index contributed by atoms with van der Waals surface area (Å²) in [4.78, 5) is 0. The Bertz CT molecular complexity index is 248. The van der Waals surface area contributed by atoms with E-state index in [1.54, 1.807) is 6.92 Å². The molecule has 0 radical (unpaired) electrons. The van der Waals surface area contributed by atoms with Crippen LogP contribution in [0.4, 0.5) is 0 Å². The van der Waals surface area contributed by atoms with Crippen molar-refractivity contribution in [1.82, 2.24) is 0 Å². The molecule has 0 bridgehead atoms. The van der Waals surface area contributed by atoms with Crippen LogP contribution in [0.25, 0.3) is 0 Å². The van der Waals surface area contributed by atoms with Crippen LogP contribution in [0.2, 0.25) is 0 Å². The quantitative estimate of drug-likeness (QED) is 0.501. The van der Waals surface area contributed by atoms with Crippen molar-refractivity contribution < 1.29 is 18.1 Å². The average molecular weight is 238 g/mol. The van der Waals surface area contributed by atoms with Gasteiger partial charge in [0.1, 0.15) is 0 Å². The number of hydrogen-bond acceptors (Lipinski definition) is 3. The van der Waals surface area contributed by atoms with E-state index < -0.39 is 21.5 Å². The Kier molecular flexibility index (Phi) is 7.13. The third-order valence-electron chi connectivity index (χ3n) is 2.55. The van der Waals surface area contributed by atoms with Gasteiger partial charge in [0.2, 0.25) is 0 Å². The first-order valence-corrected chi connectivity index (χ1v) is 7.06. The first-order valence-electron chi connectivity index (χ1n) is 5.56. The van der Waals surface area contributed by atoms with Gasteiger partial charge in [-0.2, -0.15) is 8.42 Å². The van der Waals surface area contributed by atoms with Gasteiger partial charge in [-0.3, -0.25) is 4.55 Å². The van der Waals surface area contributed by atoms with E-state index in [9.17, 15) is 13.5 Å². The molecule has 0 fully saturated rings. The van der Waals surface area contributed by atoms with Gasteiger partial charge in [0.25, 0.3) is 10.1 Å². The highest BCUT2D eigenvalue weighted by atomic mass is 32.2. The monoisotopic (exact) mass is 238 g/mol. The highest BCUT2D eigenvalue weighted by molar-refractivity contribution is 7.86. The summed E-state index contributed by atoms with van der Waals surface area (Å²) < 4.78 is 30.6. The smallest absolute Gasteiger partial charge is 0.267 e. The van der Waals surface area contributed by atoms with E-state index in [4.69, 9.17) is 4.55 Å². The minimum absolute atomic E-state index is 0.138. The summed E-state index contributed by atoms with van der Waals surface area (Å²) in [7, 11) is -4.00. The number of hydrogen-bond donors (Lipinski definition) is 2. The Hall–Kier alpha value is -0.130. The maximum absolute atomic E-state index is 10.9. The summed E-state index contributed by atoms with van der Waals surface area (Å²) >= 11 is 0. The molecule has 92 valence electrons. The van der Waals surface area contributed by atoms with Gasteiger partial charge in [0, 0.05) is 0 Å². The molecule has 0 aliphatic carbocycles. The molecule has 0 aromatic heterocycles. The predicted molar refractivity (Wildman–Crippen MR) is 60.4 cm³/mol. The van der Waals surface area contributed by atoms with Crippen molar-refractivity contribution in [2.24, 2.45) is 0 Å². The van der Waals surface area contributed by atoms with E-state index in [0.717, 1.165) is 19.3 Å². The number of unbranched alkanes of at least 4 members (excludes halogenated alkanes) is 2. The molecule has 0 aliphatic rings. The Morgan fingerprint density at radius 3 is 2.20 bits per heavy atom. The lowest BCUT2D eigenvalue weighted by atomic mass is 10.1. The third kappa shape index (κ3) is 6.87. The van der Waals surface area contributed by atoms with Crippen molar-refractivity contribution >= 4 is 10.1 Å². The average Bonchev–Trinajstić information content (AvgIpc) is 2.12. The van der Waals surface area contributed by atoms with Gasteiger partial charge < -0.3 is 5.11 Å². The first-order chi connectivity index (χ1) is 6.91. The largest absolute Gasteiger partial charge is 0.393 e. The van der Waals surface area contributed by atoms with Gasteiger partial charge >= 0.3 is 0 Å². The highest BCUT2D eigenvalue weighted by Crippen LogP contribution is 2.15. The van der Waals surface area contributed by atoms with Crippen molar-refractivity contribution in [1.29, 1.82) is 0 Å². The molecule has 2 atom stereocenters. The minimum atomic E-state index is -4.00. The van der Waals surface area contributed by atoms with Gasteiger partial charge in [-0.1, -0.05) is 33.1 Å². The summed E-state index contributed by atoms with van der Waals surface area (Å²) in [6.45, 7) is 3.76. The van der Waals surface area contributed by atoms with E-state index in [2.05, 4.69) is 6.92 Å². The molecule has 5 heteroatoms. The second-order valence-electron chi connectivity index (χ2n) is 3.93. The second kappa shape index (κ2) is 7.19. The van der Waals surface area contributed by atoms with Crippen LogP contribution in [0.15, 0.2) is 0 Å². The molecule has 0 heterocycles. The van der Waals surface area contributed by atoms with Crippen LogP contribution in [-0.2, 0) is 10.1 Å². The molecular formula is C10H22O4S. The molecule has 4 nitrogen and oxygen atoms in total. The van der Waals surface area contributed by atoms with E-state index in [1.807, 2.05) is 0 Å². The Morgan fingerprint density at radius 1 is 1.20 bits per heavy atom. The fraction of sp³-hybridized carbons (Fsp3) is 1.00. The maximum Gasteiger partial charge on any atom is 0.267 e. The predicted octanol–water partition coefficient (Wildman–Crippen LogP) is 1.98. The lowest BCUT2D eigenvalue weighted by Gasteiger charge is -2.16. The van der Waals surface area contributed by atoms with Gasteiger partial charge in [0.05, 0.1) is 11.4 Å². The van der Waals surface area contributed by atoms with Crippen LogP contribution in [0.3, 0.4) is 0 Å². The van der Waals surface area contributed by atoms with Crippen LogP contribution >= 0.6 is 0 Å². The molecule has 0 rings (SSSR count). The summed E-state index contributed by atoms with van der Waals surface area (Å²) in [5, 5.41) is 8.74. The molecule has 0 saturated heterocycles. The zero-order chi connectivity index (χ0) is 11.9. The highest BCUT2D eigenvalue weighted by Gasteiger charge is 2.23. The van der Waals surface area contributed by atoms with Crippen molar-refractivity contribution in [2.45, 2.75) is 63.7 Å². The van der Waals surface area contributed by atoms with E-state index in [-0.39, 0.29) is 6.42 Å². The van der Waals surface area contributed by atoms with Gasteiger partial charge in [-0.05, 0) is 19.3 Å². The normalized spacial score (nSPS) is 16.3. The number of aliphatic hydroxyl groups excluding tert-OH is 1. The lowest BCUT2D eigenvalue weighted by molar-refractivity contribution is 0.148. The van der Waals surface area contributed by atoms with Crippen LogP contribution in [0.5, 0.6) is 0 Å². The maximum atomic E-state index is 10.9. The first kappa shape index (κ1) is 14.9. The SMILES string of the molecule is CCCCCC(O)CC(CC)S(=O)(=O)O. The fourth-order valence-corrected chi connectivity index (χ4v) is 2.44.